The highest BCUT2D eigenvalue weighted by Gasteiger charge is 2.25. The van der Waals surface area contributed by atoms with Gasteiger partial charge in [0.25, 0.3) is 0 Å². The second-order valence-corrected chi connectivity index (χ2v) is 11.0. The Labute approximate surface area is 206 Å². The summed E-state index contributed by atoms with van der Waals surface area (Å²) in [5, 5.41) is 12.6. The Balaban J connectivity index is 0.00000497. The minimum Gasteiger partial charge on any atom is -0.393 e. The van der Waals surface area contributed by atoms with Crippen molar-refractivity contribution in [3.8, 4) is 0 Å². The summed E-state index contributed by atoms with van der Waals surface area (Å²) in [5.41, 5.74) is 0.417. The molecule has 3 atom stereocenters. The summed E-state index contributed by atoms with van der Waals surface area (Å²) in [7, 11) is -1.75. The van der Waals surface area contributed by atoms with Gasteiger partial charge in [-0.15, -0.1) is 12.6 Å². The number of rotatable bonds is 13. The van der Waals surface area contributed by atoms with E-state index in [0.29, 0.717) is 12.0 Å². The third-order valence-corrected chi connectivity index (χ3v) is 7.70. The number of halogens is 2. The molecule has 33 heavy (non-hydrogen) atoms. The van der Waals surface area contributed by atoms with Gasteiger partial charge in [-0.2, -0.15) is 0 Å². The predicted molar refractivity (Wildman–Crippen MR) is 135 cm³/mol. The third kappa shape index (κ3) is 12.8. The molecule has 7 nitrogen and oxygen atoms in total. The summed E-state index contributed by atoms with van der Waals surface area (Å²) in [4.78, 5) is 35.1. The Morgan fingerprint density at radius 1 is 1.27 bits per heavy atom. The average molecular weight is 527 g/mol. The highest BCUT2D eigenvalue weighted by molar-refractivity contribution is 7.96. The van der Waals surface area contributed by atoms with Gasteiger partial charge in [-0.05, 0) is 37.3 Å². The molecule has 1 rings (SSSR count). The molecule has 0 saturated carbocycles. The highest BCUT2D eigenvalue weighted by Crippen LogP contribution is 2.42. The van der Waals surface area contributed by atoms with Gasteiger partial charge in [0, 0.05) is 38.4 Å². The first-order chi connectivity index (χ1) is 15.5. The second kappa shape index (κ2) is 16.5. The number of nitrogens with zero attached hydrogens (tertiary/aromatic N) is 1. The molecule has 0 spiro atoms. The van der Waals surface area contributed by atoms with E-state index in [-0.39, 0.29) is 54.7 Å². The van der Waals surface area contributed by atoms with Crippen LogP contribution in [0, 0.1) is 5.82 Å². The van der Waals surface area contributed by atoms with Gasteiger partial charge in [-0.25, -0.2) is 9.18 Å². The molecule has 0 aliphatic rings. The van der Waals surface area contributed by atoms with Gasteiger partial charge in [-0.1, -0.05) is 44.5 Å². The zero-order valence-corrected chi connectivity index (χ0v) is 22.3. The number of carbonyl (C=O) groups is 2. The molecule has 1 aromatic carbocycles. The number of amides is 2. The molecule has 2 amide bonds. The zero-order chi connectivity index (χ0) is 25.6. The molecule has 1 aromatic rings. The van der Waals surface area contributed by atoms with Crippen LogP contribution in [-0.2, 0) is 15.9 Å². The van der Waals surface area contributed by atoms with Crippen molar-refractivity contribution in [3.63, 3.8) is 0 Å². The number of hydrogen-bond acceptors (Lipinski definition) is 4. The summed E-state index contributed by atoms with van der Waals surface area (Å²) in [5.74, 6) is -0.584. The van der Waals surface area contributed by atoms with Crippen molar-refractivity contribution in [2.75, 3.05) is 19.4 Å². The van der Waals surface area contributed by atoms with Crippen molar-refractivity contribution in [2.45, 2.75) is 71.6 Å². The lowest BCUT2D eigenvalue weighted by molar-refractivity contribution is -0.111. The van der Waals surface area contributed by atoms with Crippen LogP contribution in [0.4, 0.5) is 9.18 Å². The predicted octanol–water partition coefficient (Wildman–Crippen LogP) is 5.07. The summed E-state index contributed by atoms with van der Waals surface area (Å²) >= 11 is 9.66. The second-order valence-electron chi connectivity index (χ2n) is 7.54. The lowest BCUT2D eigenvalue weighted by Crippen LogP contribution is -2.45. The summed E-state index contributed by atoms with van der Waals surface area (Å²) < 4.78 is 25.6. The first kappa shape index (κ1) is 31.9. The van der Waals surface area contributed by atoms with Crippen LogP contribution >= 0.6 is 31.6 Å². The van der Waals surface area contributed by atoms with Crippen molar-refractivity contribution >= 4 is 42.7 Å². The number of hydrogen-bond donors (Lipinski definition) is 4. The number of aliphatic hydroxyl groups excluding tert-OH is 1. The number of thiol groups is 1. The van der Waals surface area contributed by atoms with E-state index >= 15 is 0 Å². The monoisotopic (exact) mass is 526 g/mol. The van der Waals surface area contributed by atoms with Gasteiger partial charge in [-0.3, -0.25) is 9.36 Å². The Kier molecular flexibility index (Phi) is 15.9. The Bertz CT molecular complexity index is 802. The Hall–Kier alpha value is -1.12. The maximum absolute atomic E-state index is 13.6. The van der Waals surface area contributed by atoms with E-state index in [0.717, 1.165) is 0 Å². The number of benzene rings is 1. The molecule has 0 aliphatic heterocycles. The van der Waals surface area contributed by atoms with Crippen molar-refractivity contribution in [2.24, 2.45) is 0 Å². The highest BCUT2D eigenvalue weighted by atomic mass is 35.5. The van der Waals surface area contributed by atoms with Gasteiger partial charge < -0.3 is 20.2 Å². The van der Waals surface area contributed by atoms with Gasteiger partial charge in [0.05, 0.1) is 11.1 Å². The molecular formula is C22H37ClFN2O5PS. The lowest BCUT2D eigenvalue weighted by Gasteiger charge is -2.30. The lowest BCUT2D eigenvalue weighted by atomic mass is 10.0. The van der Waals surface area contributed by atoms with Gasteiger partial charge in [0.15, 0.2) is 5.12 Å². The van der Waals surface area contributed by atoms with Crippen LogP contribution in [-0.4, -0.2) is 57.6 Å². The van der Waals surface area contributed by atoms with Gasteiger partial charge >= 0.3 is 6.03 Å². The molecule has 0 aromatic heterocycles. The quantitative estimate of drug-likeness (QED) is 0.212. The summed E-state index contributed by atoms with van der Waals surface area (Å²) in [6.07, 6.45) is 0.486. The maximum Gasteiger partial charge on any atom is 0.317 e. The van der Waals surface area contributed by atoms with E-state index in [1.54, 1.807) is 6.07 Å². The van der Waals surface area contributed by atoms with Crippen LogP contribution in [0.3, 0.4) is 0 Å². The topological polar surface area (TPSA) is 107 Å². The van der Waals surface area contributed by atoms with E-state index in [2.05, 4.69) is 17.9 Å². The molecule has 0 radical (unpaired) electrons. The van der Waals surface area contributed by atoms with Crippen molar-refractivity contribution in [3.05, 3.63) is 34.6 Å². The molecule has 0 saturated heterocycles. The number of carbonyl (C=O) groups excluding carboxylic acids is 2. The van der Waals surface area contributed by atoms with Gasteiger partial charge in [0.2, 0.25) is 7.37 Å². The SMILES string of the molecule is CC.CCCP(=O)(O)CC[C@H](O)CC(CCC(=O)S)N(C)C(=O)NCc1cccc(F)c1Cl. The number of nitrogens with one attached hydrogen (secondary N) is 1. The van der Waals surface area contributed by atoms with Crippen molar-refractivity contribution < 1.29 is 28.5 Å². The summed E-state index contributed by atoms with van der Waals surface area (Å²) in [6, 6.07) is 3.32. The first-order valence-electron chi connectivity index (χ1n) is 11.1. The van der Waals surface area contributed by atoms with Crippen LogP contribution in [0.2, 0.25) is 5.02 Å². The van der Waals surface area contributed by atoms with Crippen molar-refractivity contribution in [1.82, 2.24) is 10.2 Å². The molecule has 0 aliphatic carbocycles. The van der Waals surface area contributed by atoms with Crippen LogP contribution in [0.25, 0.3) is 0 Å². The van der Waals surface area contributed by atoms with E-state index < -0.39 is 31.4 Å². The van der Waals surface area contributed by atoms with Crippen LogP contribution in [0.1, 0.15) is 58.4 Å². The van der Waals surface area contributed by atoms with E-state index in [1.807, 2.05) is 20.8 Å². The average Bonchev–Trinajstić information content (AvgIpc) is 2.76. The van der Waals surface area contributed by atoms with Crippen molar-refractivity contribution in [1.29, 1.82) is 0 Å². The Morgan fingerprint density at radius 3 is 2.48 bits per heavy atom. The number of urea groups is 1. The fourth-order valence-electron chi connectivity index (χ4n) is 3.15. The van der Waals surface area contributed by atoms with E-state index in [4.69, 9.17) is 11.6 Å². The van der Waals surface area contributed by atoms with Crippen LogP contribution in [0.5, 0.6) is 0 Å². The molecule has 2 unspecified atom stereocenters. The smallest absolute Gasteiger partial charge is 0.317 e. The first-order valence-corrected chi connectivity index (χ1v) is 14.0. The van der Waals surface area contributed by atoms with Crippen LogP contribution < -0.4 is 5.32 Å². The third-order valence-electron chi connectivity index (χ3n) is 4.95. The fourth-order valence-corrected chi connectivity index (χ4v) is 5.10. The number of aliphatic hydroxyl groups is 1. The zero-order valence-electron chi connectivity index (χ0n) is 19.8. The van der Waals surface area contributed by atoms with E-state index in [1.165, 1.54) is 24.1 Å². The molecule has 0 heterocycles. The van der Waals surface area contributed by atoms with Gasteiger partial charge in [0.1, 0.15) is 5.82 Å². The standard InChI is InChI=1S/C20H31ClFN2O5PS.C2H6/c1-3-10-30(28,29)11-9-16(25)12-15(7-8-18(26)31)24(2)20(27)23-13-14-5-4-6-17(22)19(14)21;1-2/h4-6,15-16,25H,3,7-13H2,1-2H3,(H,23,27)(H,26,31)(H,28,29);1-2H3/t15?,16-;/m0./s1. The van der Waals surface area contributed by atoms with E-state index in [9.17, 15) is 28.5 Å². The molecule has 11 heteroatoms. The minimum atomic E-state index is -3.28. The Morgan fingerprint density at radius 2 is 1.91 bits per heavy atom. The maximum atomic E-state index is 13.6. The molecular weight excluding hydrogens is 490 g/mol. The molecule has 0 bridgehead atoms. The largest absolute Gasteiger partial charge is 0.393 e. The molecule has 3 N–H and O–H groups in total. The molecule has 0 fully saturated rings. The minimum absolute atomic E-state index is 0.00521. The summed E-state index contributed by atoms with van der Waals surface area (Å²) in [6.45, 7) is 5.82. The normalized spacial score (nSPS) is 14.3. The van der Waals surface area contributed by atoms with Crippen LogP contribution in [0.15, 0.2) is 18.2 Å². The fraction of sp³-hybridized carbons (Fsp3) is 0.636. The molecule has 190 valence electrons.